The van der Waals surface area contributed by atoms with Gasteiger partial charge in [0, 0.05) is 31.4 Å². The van der Waals surface area contributed by atoms with Crippen LogP contribution in [0.1, 0.15) is 105 Å². The van der Waals surface area contributed by atoms with E-state index in [2.05, 4.69) is 12.2 Å². The van der Waals surface area contributed by atoms with Crippen LogP contribution < -0.4 is 5.32 Å². The zero-order chi connectivity index (χ0) is 31.4. The largest absolute Gasteiger partial charge is 0.378 e. The van der Waals surface area contributed by atoms with Crippen molar-refractivity contribution in [1.82, 2.24) is 10.4 Å². The standard InChI is InChI=1S/C34H44N2O6S2/c1-33(43-24-13-25-44-33)34(41,27-14-9-8-10-15-27)28-19-17-26(18-20-28)32(40)35-23-12-7-5-3-2-4-6-11-16-31(39)42-36-29(37)21-22-30(36)38/h8-10,14-15,17-20,41H,2-7,11-13,16,21-25H2,1H3,(H,35,40). The number of hydrogen-bond donors (Lipinski definition) is 2. The fraction of sp³-hybridized carbons (Fsp3) is 0.529. The lowest BCUT2D eigenvalue weighted by molar-refractivity contribution is -0.197. The quantitative estimate of drug-likeness (QED) is 0.161. The topological polar surface area (TPSA) is 113 Å². The lowest BCUT2D eigenvalue weighted by atomic mass is 9.83. The number of thioether (sulfide) groups is 2. The van der Waals surface area contributed by atoms with Crippen LogP contribution in [0, 0.1) is 0 Å². The number of aliphatic hydroxyl groups is 1. The molecule has 2 fully saturated rings. The van der Waals surface area contributed by atoms with E-state index in [0.717, 1.165) is 74.0 Å². The van der Waals surface area contributed by atoms with Crippen LogP contribution in [0.2, 0.25) is 0 Å². The fourth-order valence-electron chi connectivity index (χ4n) is 5.64. The van der Waals surface area contributed by atoms with Gasteiger partial charge in [-0.05, 0) is 61.0 Å². The molecule has 1 unspecified atom stereocenters. The van der Waals surface area contributed by atoms with Gasteiger partial charge in [-0.1, -0.05) is 81.0 Å². The Kier molecular flexibility index (Phi) is 12.8. The number of unbranched alkanes of at least 4 members (excludes halogenated alkanes) is 7. The minimum absolute atomic E-state index is 0.103. The highest BCUT2D eigenvalue weighted by Crippen LogP contribution is 2.55. The molecule has 0 aliphatic carbocycles. The van der Waals surface area contributed by atoms with Crippen molar-refractivity contribution in [3.8, 4) is 0 Å². The summed E-state index contributed by atoms with van der Waals surface area (Å²) in [6.07, 6.45) is 9.30. The first-order chi connectivity index (χ1) is 21.2. The maximum Gasteiger partial charge on any atom is 0.333 e. The second kappa shape index (κ2) is 16.5. The highest BCUT2D eigenvalue weighted by atomic mass is 32.2. The average molecular weight is 641 g/mol. The lowest BCUT2D eigenvalue weighted by Gasteiger charge is -2.46. The van der Waals surface area contributed by atoms with E-state index in [1.54, 1.807) is 23.5 Å². The van der Waals surface area contributed by atoms with Crippen LogP contribution in [0.3, 0.4) is 0 Å². The molecule has 2 aliphatic rings. The van der Waals surface area contributed by atoms with E-state index in [0.29, 0.717) is 23.6 Å². The van der Waals surface area contributed by atoms with Crippen molar-refractivity contribution in [3.63, 3.8) is 0 Å². The fourth-order valence-corrected chi connectivity index (χ4v) is 8.90. The van der Waals surface area contributed by atoms with Gasteiger partial charge in [-0.15, -0.1) is 28.6 Å². The van der Waals surface area contributed by atoms with Gasteiger partial charge >= 0.3 is 5.97 Å². The molecule has 0 radical (unpaired) electrons. The molecule has 1 atom stereocenters. The van der Waals surface area contributed by atoms with E-state index in [9.17, 15) is 24.3 Å². The molecule has 0 bridgehead atoms. The van der Waals surface area contributed by atoms with Gasteiger partial charge in [0.25, 0.3) is 17.7 Å². The van der Waals surface area contributed by atoms with Gasteiger partial charge in [0.15, 0.2) is 0 Å². The Bertz CT molecular complexity index is 1250. The zero-order valence-corrected chi connectivity index (χ0v) is 27.2. The summed E-state index contributed by atoms with van der Waals surface area (Å²) in [4.78, 5) is 52.5. The van der Waals surface area contributed by atoms with Crippen molar-refractivity contribution in [2.45, 2.75) is 93.7 Å². The van der Waals surface area contributed by atoms with Gasteiger partial charge in [0.1, 0.15) is 5.60 Å². The Morgan fingerprint density at radius 1 is 0.841 bits per heavy atom. The number of carbonyl (C=O) groups is 4. The molecule has 4 rings (SSSR count). The average Bonchev–Trinajstić information content (AvgIpc) is 3.36. The maximum atomic E-state index is 12.8. The molecule has 8 nitrogen and oxygen atoms in total. The first-order valence-electron chi connectivity index (χ1n) is 15.8. The van der Waals surface area contributed by atoms with Gasteiger partial charge in [0.05, 0.1) is 4.08 Å². The van der Waals surface area contributed by atoms with E-state index < -0.39 is 27.5 Å². The minimum Gasteiger partial charge on any atom is -0.378 e. The molecule has 2 aromatic rings. The van der Waals surface area contributed by atoms with Crippen LogP contribution in [-0.2, 0) is 24.8 Å². The van der Waals surface area contributed by atoms with Crippen LogP contribution in [0.4, 0.5) is 0 Å². The molecule has 2 heterocycles. The van der Waals surface area contributed by atoms with E-state index in [4.69, 9.17) is 4.84 Å². The summed E-state index contributed by atoms with van der Waals surface area (Å²) in [6.45, 7) is 2.74. The van der Waals surface area contributed by atoms with Gasteiger partial charge < -0.3 is 15.3 Å². The molecule has 0 spiro atoms. The predicted molar refractivity (Wildman–Crippen MR) is 175 cm³/mol. The summed E-state index contributed by atoms with van der Waals surface area (Å²) in [5.74, 6) is 0.467. The monoisotopic (exact) mass is 640 g/mol. The van der Waals surface area contributed by atoms with E-state index in [1.165, 1.54) is 0 Å². The molecule has 3 amide bonds. The molecule has 10 heteroatoms. The van der Waals surface area contributed by atoms with Crippen molar-refractivity contribution in [2.75, 3.05) is 18.1 Å². The smallest absolute Gasteiger partial charge is 0.333 e. The zero-order valence-electron chi connectivity index (χ0n) is 25.6. The van der Waals surface area contributed by atoms with Crippen LogP contribution >= 0.6 is 23.5 Å². The number of nitrogens with one attached hydrogen (secondary N) is 1. The molecule has 238 valence electrons. The summed E-state index contributed by atoms with van der Waals surface area (Å²) in [5.41, 5.74) is 1.04. The number of rotatable bonds is 16. The first-order valence-corrected chi connectivity index (χ1v) is 17.7. The third-order valence-corrected chi connectivity index (χ3v) is 11.6. The van der Waals surface area contributed by atoms with Crippen molar-refractivity contribution in [2.24, 2.45) is 0 Å². The molecule has 2 aliphatic heterocycles. The van der Waals surface area contributed by atoms with Crippen molar-refractivity contribution < 1.29 is 29.1 Å². The van der Waals surface area contributed by atoms with Crippen LogP contribution in [0.25, 0.3) is 0 Å². The maximum absolute atomic E-state index is 12.8. The van der Waals surface area contributed by atoms with E-state index in [1.807, 2.05) is 54.6 Å². The molecule has 0 aromatic heterocycles. The van der Waals surface area contributed by atoms with Gasteiger partial charge in [-0.2, -0.15) is 0 Å². The molecule has 0 saturated carbocycles. The Morgan fingerprint density at radius 3 is 2.00 bits per heavy atom. The van der Waals surface area contributed by atoms with Gasteiger partial charge in [-0.25, -0.2) is 4.79 Å². The molecule has 44 heavy (non-hydrogen) atoms. The summed E-state index contributed by atoms with van der Waals surface area (Å²) in [7, 11) is 0. The first kappa shape index (κ1) is 34.1. The summed E-state index contributed by atoms with van der Waals surface area (Å²) < 4.78 is -0.442. The second-order valence-corrected chi connectivity index (χ2v) is 14.8. The normalized spacial score (nSPS) is 17.7. The molecular formula is C34H44N2O6S2. The number of hydrogen-bond acceptors (Lipinski definition) is 8. The molecule has 2 aromatic carbocycles. The second-order valence-electron chi connectivity index (χ2n) is 11.5. The highest BCUT2D eigenvalue weighted by molar-refractivity contribution is 8.18. The highest BCUT2D eigenvalue weighted by Gasteiger charge is 2.51. The Balaban J connectivity index is 1.12. The summed E-state index contributed by atoms with van der Waals surface area (Å²) >= 11 is 3.60. The number of carbonyl (C=O) groups excluding carboxylic acids is 4. The summed E-state index contributed by atoms with van der Waals surface area (Å²) in [5, 5.41) is 15.9. The van der Waals surface area contributed by atoms with Crippen molar-refractivity contribution in [3.05, 3.63) is 71.3 Å². The third-order valence-electron chi connectivity index (χ3n) is 8.25. The van der Waals surface area contributed by atoms with Gasteiger partial charge in [-0.3, -0.25) is 14.4 Å². The Morgan fingerprint density at radius 2 is 1.39 bits per heavy atom. The third kappa shape index (κ3) is 8.67. The Hall–Kier alpha value is -2.82. The number of imide groups is 1. The Labute approximate surface area is 269 Å². The number of amides is 3. The molecule has 2 saturated heterocycles. The van der Waals surface area contributed by atoms with Crippen molar-refractivity contribution >= 4 is 47.2 Å². The molecule has 2 N–H and O–H groups in total. The SMILES string of the molecule is CC1(C(O)(c2ccccc2)c2ccc(C(=O)NCCCCCCCCCCC(=O)ON3C(=O)CCC3=O)cc2)SCCCS1. The number of hydroxylamine groups is 2. The van der Waals surface area contributed by atoms with Gasteiger partial charge in [0.2, 0.25) is 0 Å². The number of benzene rings is 2. The van der Waals surface area contributed by atoms with Crippen molar-refractivity contribution in [1.29, 1.82) is 0 Å². The van der Waals surface area contributed by atoms with E-state index in [-0.39, 0.29) is 25.2 Å². The minimum atomic E-state index is -1.19. The van der Waals surface area contributed by atoms with Crippen LogP contribution in [0.5, 0.6) is 0 Å². The predicted octanol–water partition coefficient (Wildman–Crippen LogP) is 6.36. The molecular weight excluding hydrogens is 597 g/mol. The van der Waals surface area contributed by atoms with E-state index >= 15 is 0 Å². The summed E-state index contributed by atoms with van der Waals surface area (Å²) in [6, 6.07) is 17.2. The van der Waals surface area contributed by atoms with Crippen LogP contribution in [-0.4, -0.2) is 56.0 Å². The lowest BCUT2D eigenvalue weighted by Crippen LogP contribution is -2.47. The number of nitrogens with zero attached hydrogens (tertiary/aromatic N) is 1. The van der Waals surface area contributed by atoms with Crippen LogP contribution in [0.15, 0.2) is 54.6 Å².